The van der Waals surface area contributed by atoms with Crippen molar-refractivity contribution in [2.24, 2.45) is 0 Å². The molecule has 0 atom stereocenters. The maximum Gasteiger partial charge on any atom is 0.0714 e. The Hall–Kier alpha value is -7.78. The molecule has 12 rings (SSSR count). The zero-order valence-corrected chi connectivity index (χ0v) is 35.3. The second-order valence-corrected chi connectivity index (χ2v) is 17.5. The fourth-order valence-corrected chi connectivity index (χ4v) is 11.3. The van der Waals surface area contributed by atoms with Crippen LogP contribution in [0.3, 0.4) is 0 Å². The van der Waals surface area contributed by atoms with Crippen LogP contribution in [-0.2, 0) is 5.41 Å². The van der Waals surface area contributed by atoms with Crippen LogP contribution in [0, 0.1) is 0 Å². The summed E-state index contributed by atoms with van der Waals surface area (Å²) >= 11 is 1.91. The maximum atomic E-state index is 2.48. The van der Waals surface area contributed by atoms with Crippen molar-refractivity contribution in [3.63, 3.8) is 0 Å². The number of nitrogens with zero attached hydrogens (tertiary/aromatic N) is 1. The Kier molecular flexibility index (Phi) is 8.98. The number of fused-ring (bicyclic) bond motifs is 7. The largest absolute Gasteiger partial charge is 0.310 e. The van der Waals surface area contributed by atoms with Crippen LogP contribution in [0.1, 0.15) is 22.3 Å². The Bertz CT molecular complexity index is 3370. The van der Waals surface area contributed by atoms with Crippen molar-refractivity contribution in [3.05, 3.63) is 271 Å². The molecule has 2 heteroatoms. The summed E-state index contributed by atoms with van der Waals surface area (Å²) in [4.78, 5) is 2.43. The van der Waals surface area contributed by atoms with Gasteiger partial charge in [-0.15, -0.1) is 11.3 Å². The van der Waals surface area contributed by atoms with Crippen LogP contribution in [0.25, 0.3) is 64.7 Å². The molecule has 1 nitrogen and oxygen atoms in total. The average Bonchev–Trinajstić information content (AvgIpc) is 3.89. The predicted octanol–water partition coefficient (Wildman–Crippen LogP) is 16.9. The summed E-state index contributed by atoms with van der Waals surface area (Å²) in [7, 11) is 0. The Labute approximate surface area is 372 Å². The molecule has 11 aromatic rings. The lowest BCUT2D eigenvalue weighted by atomic mass is 9.67. The standard InChI is InChI=1S/C61H41NS/c1-5-16-42(17-6-1)44-28-32-50(33-29-44)62(51-34-30-45(31-35-51)47-21-15-20-46(40-47)43-18-7-2-8-19-43)52-36-37-55-57(41-52)61(48-22-9-3-10-23-48,49-24-11-4-12-25-49)56-39-38-54-53-26-13-14-27-58(53)63-60(54)59(55)56/h1-41H. The summed E-state index contributed by atoms with van der Waals surface area (Å²) in [6.45, 7) is 0. The highest BCUT2D eigenvalue weighted by molar-refractivity contribution is 7.26. The van der Waals surface area contributed by atoms with Gasteiger partial charge in [0.1, 0.15) is 0 Å². The molecular weight excluding hydrogens is 779 g/mol. The second-order valence-electron chi connectivity index (χ2n) is 16.4. The van der Waals surface area contributed by atoms with Gasteiger partial charge < -0.3 is 4.90 Å². The topological polar surface area (TPSA) is 3.24 Å². The van der Waals surface area contributed by atoms with Gasteiger partial charge in [-0.3, -0.25) is 0 Å². The zero-order chi connectivity index (χ0) is 41.7. The Balaban J connectivity index is 1.07. The molecule has 0 saturated heterocycles. The molecule has 10 aromatic carbocycles. The highest BCUT2D eigenvalue weighted by Crippen LogP contribution is 2.60. The normalized spacial score (nSPS) is 12.6. The molecule has 0 unspecified atom stereocenters. The van der Waals surface area contributed by atoms with Crippen molar-refractivity contribution in [3.8, 4) is 44.5 Å². The monoisotopic (exact) mass is 819 g/mol. The summed E-state index contributed by atoms with van der Waals surface area (Å²) < 4.78 is 2.66. The first-order chi connectivity index (χ1) is 31.2. The quantitative estimate of drug-likeness (QED) is 0.148. The van der Waals surface area contributed by atoms with Gasteiger partial charge in [0, 0.05) is 42.8 Å². The minimum absolute atomic E-state index is 0.552. The average molecular weight is 820 g/mol. The van der Waals surface area contributed by atoms with E-state index in [2.05, 4.69) is 254 Å². The van der Waals surface area contributed by atoms with E-state index in [0.717, 1.165) is 17.1 Å². The Morgan fingerprint density at radius 3 is 1.40 bits per heavy atom. The van der Waals surface area contributed by atoms with Gasteiger partial charge in [-0.25, -0.2) is 0 Å². The molecule has 0 fully saturated rings. The van der Waals surface area contributed by atoms with Crippen LogP contribution < -0.4 is 4.90 Å². The van der Waals surface area contributed by atoms with Crippen molar-refractivity contribution < 1.29 is 0 Å². The maximum absolute atomic E-state index is 2.48. The summed E-state index contributed by atoms with van der Waals surface area (Å²) in [5.41, 5.74) is 17.7. The van der Waals surface area contributed by atoms with Gasteiger partial charge in [0.15, 0.2) is 0 Å². The van der Waals surface area contributed by atoms with Gasteiger partial charge in [-0.05, 0) is 110 Å². The third-order valence-corrected chi connectivity index (χ3v) is 14.2. The number of anilines is 3. The molecule has 0 saturated carbocycles. The van der Waals surface area contributed by atoms with E-state index in [-0.39, 0.29) is 0 Å². The fourth-order valence-electron chi connectivity index (χ4n) is 10.1. The molecule has 0 radical (unpaired) electrons. The van der Waals surface area contributed by atoms with E-state index < -0.39 is 5.41 Å². The molecule has 1 aliphatic rings. The van der Waals surface area contributed by atoms with Crippen LogP contribution in [0.15, 0.2) is 249 Å². The molecule has 0 amide bonds. The molecule has 0 spiro atoms. The molecule has 1 heterocycles. The molecular formula is C61H41NS. The fraction of sp³-hybridized carbons (Fsp3) is 0.0164. The second kappa shape index (κ2) is 15.3. The van der Waals surface area contributed by atoms with E-state index in [9.17, 15) is 0 Å². The van der Waals surface area contributed by atoms with Gasteiger partial charge in [0.05, 0.1) is 5.41 Å². The van der Waals surface area contributed by atoms with Crippen molar-refractivity contribution in [2.75, 3.05) is 4.90 Å². The molecule has 63 heavy (non-hydrogen) atoms. The van der Waals surface area contributed by atoms with Crippen molar-refractivity contribution in [2.45, 2.75) is 5.41 Å². The van der Waals surface area contributed by atoms with E-state index in [1.165, 1.54) is 86.9 Å². The number of thiophene rings is 1. The van der Waals surface area contributed by atoms with E-state index in [1.807, 2.05) is 11.3 Å². The number of hydrogen-bond acceptors (Lipinski definition) is 2. The lowest BCUT2D eigenvalue weighted by Gasteiger charge is -2.35. The molecule has 0 aliphatic heterocycles. The van der Waals surface area contributed by atoms with Crippen LogP contribution in [0.2, 0.25) is 0 Å². The first kappa shape index (κ1) is 37.0. The molecule has 0 bridgehead atoms. The van der Waals surface area contributed by atoms with Crippen LogP contribution >= 0.6 is 11.3 Å². The van der Waals surface area contributed by atoms with Crippen molar-refractivity contribution in [1.82, 2.24) is 0 Å². The minimum Gasteiger partial charge on any atom is -0.310 e. The van der Waals surface area contributed by atoms with E-state index in [1.54, 1.807) is 0 Å². The molecule has 296 valence electrons. The molecule has 1 aliphatic carbocycles. The van der Waals surface area contributed by atoms with Crippen molar-refractivity contribution >= 4 is 48.6 Å². The summed E-state index contributed by atoms with van der Waals surface area (Å²) in [6.07, 6.45) is 0. The minimum atomic E-state index is -0.552. The molecule has 0 N–H and O–H groups in total. The van der Waals surface area contributed by atoms with Crippen molar-refractivity contribution in [1.29, 1.82) is 0 Å². The molecule has 1 aromatic heterocycles. The summed E-state index contributed by atoms with van der Waals surface area (Å²) in [5.74, 6) is 0. The van der Waals surface area contributed by atoms with Gasteiger partial charge in [0.25, 0.3) is 0 Å². The highest BCUT2D eigenvalue weighted by atomic mass is 32.1. The van der Waals surface area contributed by atoms with E-state index in [4.69, 9.17) is 0 Å². The number of hydrogen-bond donors (Lipinski definition) is 0. The van der Waals surface area contributed by atoms with Gasteiger partial charge >= 0.3 is 0 Å². The van der Waals surface area contributed by atoms with Gasteiger partial charge in [-0.1, -0.05) is 200 Å². The van der Waals surface area contributed by atoms with Crippen LogP contribution in [0.4, 0.5) is 17.1 Å². The zero-order valence-electron chi connectivity index (χ0n) is 34.5. The Morgan fingerprint density at radius 1 is 0.317 bits per heavy atom. The van der Waals surface area contributed by atoms with E-state index in [0.29, 0.717) is 0 Å². The number of rotatable bonds is 8. The highest BCUT2D eigenvalue weighted by Gasteiger charge is 2.47. The predicted molar refractivity (Wildman–Crippen MR) is 268 cm³/mol. The number of benzene rings is 10. The third kappa shape index (κ3) is 6.14. The van der Waals surface area contributed by atoms with E-state index >= 15 is 0 Å². The lowest BCUT2D eigenvalue weighted by molar-refractivity contribution is 0.769. The third-order valence-electron chi connectivity index (χ3n) is 13.0. The summed E-state index contributed by atoms with van der Waals surface area (Å²) in [5, 5.41) is 2.63. The SMILES string of the molecule is c1ccc(-c2ccc(N(c3ccc(-c4cccc(-c5ccccc5)c4)cc3)c3ccc4c(c3)C(c3ccccc3)(c3ccccc3)c3ccc5c(sc6ccccc65)c3-4)cc2)cc1. The van der Waals surface area contributed by atoms with Gasteiger partial charge in [0.2, 0.25) is 0 Å². The van der Waals surface area contributed by atoms with Gasteiger partial charge in [-0.2, -0.15) is 0 Å². The van der Waals surface area contributed by atoms with Crippen LogP contribution in [-0.4, -0.2) is 0 Å². The Morgan fingerprint density at radius 2 is 0.794 bits per heavy atom. The smallest absolute Gasteiger partial charge is 0.0714 e. The van der Waals surface area contributed by atoms with Crippen LogP contribution in [0.5, 0.6) is 0 Å². The summed E-state index contributed by atoms with van der Waals surface area (Å²) in [6, 6.07) is 91.4. The first-order valence-corrected chi connectivity index (χ1v) is 22.5. The lowest BCUT2D eigenvalue weighted by Crippen LogP contribution is -2.28. The first-order valence-electron chi connectivity index (χ1n) is 21.7.